The monoisotopic (exact) mass is 209 g/mol. The lowest BCUT2D eigenvalue weighted by Gasteiger charge is -2.35. The van der Waals surface area contributed by atoms with Crippen molar-refractivity contribution in [3.05, 3.63) is 18.0 Å². The van der Waals surface area contributed by atoms with Crippen LogP contribution in [0.4, 0.5) is 0 Å². The van der Waals surface area contributed by atoms with Crippen LogP contribution >= 0.6 is 0 Å². The Hall–Kier alpha value is -0.870. The van der Waals surface area contributed by atoms with Crippen LogP contribution in [0.15, 0.2) is 12.3 Å². The summed E-state index contributed by atoms with van der Waals surface area (Å²) < 4.78 is 5.67. The highest BCUT2D eigenvalue weighted by Gasteiger charge is 2.28. The zero-order valence-corrected chi connectivity index (χ0v) is 9.42. The highest BCUT2D eigenvalue weighted by atomic mass is 16.5. The van der Waals surface area contributed by atoms with Gasteiger partial charge in [-0.1, -0.05) is 0 Å². The molecule has 0 saturated carbocycles. The van der Waals surface area contributed by atoms with Crippen LogP contribution in [0.1, 0.15) is 32.4 Å². The van der Waals surface area contributed by atoms with E-state index in [4.69, 9.17) is 4.74 Å². The molecule has 4 heteroatoms. The maximum Gasteiger partial charge on any atom is 0.0641 e. The van der Waals surface area contributed by atoms with Gasteiger partial charge in [-0.3, -0.25) is 5.10 Å². The van der Waals surface area contributed by atoms with Gasteiger partial charge in [0, 0.05) is 31.1 Å². The molecule has 0 amide bonds. The average Bonchev–Trinajstić information content (AvgIpc) is 2.65. The Balaban J connectivity index is 1.80. The Labute approximate surface area is 90.4 Å². The number of ether oxygens (including phenoxy) is 1. The van der Waals surface area contributed by atoms with Gasteiger partial charge in [0.2, 0.25) is 0 Å². The highest BCUT2D eigenvalue weighted by Crippen LogP contribution is 2.23. The summed E-state index contributed by atoms with van der Waals surface area (Å²) in [6.45, 7) is 6.02. The number of hydrogen-bond donors (Lipinski definition) is 2. The summed E-state index contributed by atoms with van der Waals surface area (Å²) in [5.74, 6) is 0. The van der Waals surface area contributed by atoms with E-state index in [-0.39, 0.29) is 5.60 Å². The molecule has 84 valence electrons. The third-order valence-electron chi connectivity index (χ3n) is 2.84. The van der Waals surface area contributed by atoms with Gasteiger partial charge in [-0.2, -0.15) is 5.10 Å². The average molecular weight is 209 g/mol. The molecule has 0 radical (unpaired) electrons. The maximum atomic E-state index is 5.67. The molecule has 0 spiro atoms. The van der Waals surface area contributed by atoms with Crippen molar-refractivity contribution in [3.8, 4) is 0 Å². The van der Waals surface area contributed by atoms with Gasteiger partial charge in [0.1, 0.15) is 0 Å². The summed E-state index contributed by atoms with van der Waals surface area (Å²) in [5, 5.41) is 10.4. The minimum Gasteiger partial charge on any atom is -0.375 e. The molecule has 1 aromatic heterocycles. The standard InChI is InChI=1S/C11H19N3O/c1-11(2)7-9(4-6-15-11)12-8-10-3-5-13-14-10/h3,5,9,12H,4,6-8H2,1-2H3,(H,13,14). The summed E-state index contributed by atoms with van der Waals surface area (Å²) in [6.07, 6.45) is 3.95. The second-order valence-corrected chi connectivity index (χ2v) is 4.76. The quantitative estimate of drug-likeness (QED) is 0.792. The molecule has 0 bridgehead atoms. The van der Waals surface area contributed by atoms with E-state index >= 15 is 0 Å². The largest absolute Gasteiger partial charge is 0.375 e. The van der Waals surface area contributed by atoms with E-state index in [0.29, 0.717) is 6.04 Å². The van der Waals surface area contributed by atoms with E-state index in [0.717, 1.165) is 31.7 Å². The van der Waals surface area contributed by atoms with Gasteiger partial charge < -0.3 is 10.1 Å². The van der Waals surface area contributed by atoms with E-state index in [1.807, 2.05) is 6.07 Å². The number of nitrogens with zero attached hydrogens (tertiary/aromatic N) is 1. The molecular weight excluding hydrogens is 190 g/mol. The Kier molecular flexibility index (Phi) is 3.07. The van der Waals surface area contributed by atoms with Gasteiger partial charge >= 0.3 is 0 Å². The fourth-order valence-corrected chi connectivity index (χ4v) is 2.04. The van der Waals surface area contributed by atoms with Crippen LogP contribution in [-0.2, 0) is 11.3 Å². The van der Waals surface area contributed by atoms with E-state index in [9.17, 15) is 0 Å². The lowest BCUT2D eigenvalue weighted by Crippen LogP contribution is -2.43. The van der Waals surface area contributed by atoms with Crippen LogP contribution in [0, 0.1) is 0 Å². The summed E-state index contributed by atoms with van der Waals surface area (Å²) in [7, 11) is 0. The van der Waals surface area contributed by atoms with Gasteiger partial charge in [-0.25, -0.2) is 0 Å². The minimum absolute atomic E-state index is 0.0178. The van der Waals surface area contributed by atoms with Crippen molar-refractivity contribution in [2.45, 2.75) is 44.9 Å². The molecule has 4 nitrogen and oxygen atoms in total. The van der Waals surface area contributed by atoms with Crippen LogP contribution in [0.2, 0.25) is 0 Å². The second-order valence-electron chi connectivity index (χ2n) is 4.76. The number of hydrogen-bond acceptors (Lipinski definition) is 3. The fourth-order valence-electron chi connectivity index (χ4n) is 2.04. The van der Waals surface area contributed by atoms with Crippen LogP contribution in [-0.4, -0.2) is 28.4 Å². The second kappa shape index (κ2) is 4.33. The number of aromatic nitrogens is 2. The zero-order valence-electron chi connectivity index (χ0n) is 9.42. The minimum atomic E-state index is 0.0178. The first-order valence-electron chi connectivity index (χ1n) is 5.51. The molecule has 1 aliphatic rings. The molecule has 2 heterocycles. The Morgan fingerprint density at radius 3 is 3.20 bits per heavy atom. The van der Waals surface area contributed by atoms with E-state index in [1.165, 1.54) is 0 Å². The van der Waals surface area contributed by atoms with Crippen LogP contribution in [0.3, 0.4) is 0 Å². The first kappa shape index (κ1) is 10.6. The molecule has 1 atom stereocenters. The molecule has 2 N–H and O–H groups in total. The lowest BCUT2D eigenvalue weighted by molar-refractivity contribution is -0.0631. The smallest absolute Gasteiger partial charge is 0.0641 e. The van der Waals surface area contributed by atoms with Gasteiger partial charge in [-0.05, 0) is 32.8 Å². The third kappa shape index (κ3) is 3.04. The third-order valence-corrected chi connectivity index (χ3v) is 2.84. The fraction of sp³-hybridized carbons (Fsp3) is 0.727. The van der Waals surface area contributed by atoms with E-state index < -0.39 is 0 Å². The number of nitrogens with one attached hydrogen (secondary N) is 2. The Bertz CT molecular complexity index is 295. The normalized spacial score (nSPS) is 25.3. The number of H-pyrrole nitrogens is 1. The van der Waals surface area contributed by atoms with Crippen molar-refractivity contribution in [1.82, 2.24) is 15.5 Å². The summed E-state index contributed by atoms with van der Waals surface area (Å²) in [4.78, 5) is 0. The number of aromatic amines is 1. The molecule has 0 aromatic carbocycles. The van der Waals surface area contributed by atoms with Crippen molar-refractivity contribution < 1.29 is 4.74 Å². The molecule has 1 aliphatic heterocycles. The molecule has 1 saturated heterocycles. The Morgan fingerprint density at radius 2 is 2.53 bits per heavy atom. The molecular formula is C11H19N3O. The van der Waals surface area contributed by atoms with Crippen molar-refractivity contribution >= 4 is 0 Å². The van der Waals surface area contributed by atoms with Crippen molar-refractivity contribution in [3.63, 3.8) is 0 Å². The maximum absolute atomic E-state index is 5.67. The SMILES string of the molecule is CC1(C)CC(NCc2ccn[nH]2)CCO1. The molecule has 0 aliphatic carbocycles. The molecule has 15 heavy (non-hydrogen) atoms. The molecule has 1 aromatic rings. The van der Waals surface area contributed by atoms with Crippen LogP contribution in [0.25, 0.3) is 0 Å². The van der Waals surface area contributed by atoms with E-state index in [1.54, 1.807) is 6.20 Å². The predicted octanol–water partition coefficient (Wildman–Crippen LogP) is 1.46. The van der Waals surface area contributed by atoms with Crippen molar-refractivity contribution in [2.75, 3.05) is 6.61 Å². The van der Waals surface area contributed by atoms with Crippen molar-refractivity contribution in [1.29, 1.82) is 0 Å². The molecule has 1 unspecified atom stereocenters. The summed E-state index contributed by atoms with van der Waals surface area (Å²) in [6, 6.07) is 2.55. The molecule has 1 fully saturated rings. The lowest BCUT2D eigenvalue weighted by atomic mass is 9.94. The van der Waals surface area contributed by atoms with Crippen LogP contribution < -0.4 is 5.32 Å². The first-order chi connectivity index (χ1) is 7.16. The number of rotatable bonds is 3. The zero-order chi connectivity index (χ0) is 10.7. The highest BCUT2D eigenvalue weighted by molar-refractivity contribution is 4.97. The first-order valence-corrected chi connectivity index (χ1v) is 5.51. The predicted molar refractivity (Wildman–Crippen MR) is 58.5 cm³/mol. The summed E-state index contributed by atoms with van der Waals surface area (Å²) >= 11 is 0. The summed E-state index contributed by atoms with van der Waals surface area (Å²) in [5.41, 5.74) is 1.16. The van der Waals surface area contributed by atoms with Crippen LogP contribution in [0.5, 0.6) is 0 Å². The van der Waals surface area contributed by atoms with Crippen molar-refractivity contribution in [2.24, 2.45) is 0 Å². The topological polar surface area (TPSA) is 49.9 Å². The van der Waals surface area contributed by atoms with E-state index in [2.05, 4.69) is 29.4 Å². The van der Waals surface area contributed by atoms with Gasteiger partial charge in [0.15, 0.2) is 0 Å². The molecule has 2 rings (SSSR count). The Morgan fingerprint density at radius 1 is 1.67 bits per heavy atom. The van der Waals surface area contributed by atoms with Gasteiger partial charge in [0.05, 0.1) is 5.60 Å². The van der Waals surface area contributed by atoms with Gasteiger partial charge in [0.25, 0.3) is 0 Å². The van der Waals surface area contributed by atoms with Gasteiger partial charge in [-0.15, -0.1) is 0 Å².